The Labute approximate surface area is 176 Å². The SMILES string of the molecule is COC(=O)CC[C@@H](C)[C@H]1CC[C@H]2[C@@H]3[C@@H](O)C[C@H]4CCCC[C@]4(C)[C@H]3C[C@H](O)[C@]12C. The fraction of sp³-hybridized carbons (Fsp3) is 0.960. The minimum absolute atomic E-state index is 0.139. The maximum Gasteiger partial charge on any atom is 0.305 e. The van der Waals surface area contributed by atoms with E-state index in [1.54, 1.807) is 0 Å². The number of aliphatic hydroxyl groups is 2. The van der Waals surface area contributed by atoms with Gasteiger partial charge in [-0.2, -0.15) is 0 Å². The van der Waals surface area contributed by atoms with Gasteiger partial charge in [0.2, 0.25) is 0 Å². The van der Waals surface area contributed by atoms with Gasteiger partial charge < -0.3 is 14.9 Å². The number of carbonyl (C=O) groups excluding carboxylic acids is 1. The highest BCUT2D eigenvalue weighted by Gasteiger charge is 2.65. The number of methoxy groups -OCH3 is 1. The average molecular weight is 407 g/mol. The maximum absolute atomic E-state index is 11.7. The predicted molar refractivity (Wildman–Crippen MR) is 113 cm³/mol. The molecule has 0 saturated heterocycles. The molecule has 4 fully saturated rings. The molecule has 2 N–H and O–H groups in total. The van der Waals surface area contributed by atoms with Crippen LogP contribution in [0.5, 0.6) is 0 Å². The highest BCUT2D eigenvalue weighted by atomic mass is 16.5. The summed E-state index contributed by atoms with van der Waals surface area (Å²) in [5, 5.41) is 22.8. The molecule has 4 aliphatic rings. The first-order chi connectivity index (χ1) is 13.7. The van der Waals surface area contributed by atoms with Crippen LogP contribution in [-0.4, -0.2) is 35.5 Å². The van der Waals surface area contributed by atoms with Crippen molar-refractivity contribution in [1.82, 2.24) is 0 Å². The van der Waals surface area contributed by atoms with Crippen LogP contribution in [0.25, 0.3) is 0 Å². The lowest BCUT2D eigenvalue weighted by molar-refractivity contribution is -0.201. The molecule has 10 atom stereocenters. The summed E-state index contributed by atoms with van der Waals surface area (Å²) in [6, 6.07) is 0. The number of rotatable bonds is 4. The lowest BCUT2D eigenvalue weighted by Crippen LogP contribution is -2.61. The number of hydrogen-bond acceptors (Lipinski definition) is 4. The van der Waals surface area contributed by atoms with Gasteiger partial charge in [0, 0.05) is 6.42 Å². The van der Waals surface area contributed by atoms with Crippen molar-refractivity contribution < 1.29 is 19.7 Å². The fourth-order valence-corrected chi connectivity index (χ4v) is 8.84. The van der Waals surface area contributed by atoms with Crippen molar-refractivity contribution in [1.29, 1.82) is 0 Å². The minimum atomic E-state index is -0.300. The Hall–Kier alpha value is -0.610. The van der Waals surface area contributed by atoms with Crippen molar-refractivity contribution in [3.63, 3.8) is 0 Å². The molecule has 166 valence electrons. The lowest BCUT2D eigenvalue weighted by Gasteiger charge is -2.63. The molecule has 29 heavy (non-hydrogen) atoms. The third-order valence-corrected chi connectivity index (χ3v) is 10.5. The van der Waals surface area contributed by atoms with Gasteiger partial charge in [-0.25, -0.2) is 0 Å². The summed E-state index contributed by atoms with van der Waals surface area (Å²) >= 11 is 0. The Morgan fingerprint density at radius 3 is 2.59 bits per heavy atom. The van der Waals surface area contributed by atoms with Crippen LogP contribution in [0, 0.1) is 46.3 Å². The van der Waals surface area contributed by atoms with Crippen molar-refractivity contribution in [2.45, 2.75) is 97.2 Å². The molecule has 0 amide bonds. The van der Waals surface area contributed by atoms with Crippen LogP contribution in [0.4, 0.5) is 0 Å². The van der Waals surface area contributed by atoms with Crippen LogP contribution >= 0.6 is 0 Å². The van der Waals surface area contributed by atoms with Crippen molar-refractivity contribution in [3.05, 3.63) is 0 Å². The molecule has 4 rings (SSSR count). The topological polar surface area (TPSA) is 66.8 Å². The number of hydrogen-bond donors (Lipinski definition) is 2. The molecule has 4 nitrogen and oxygen atoms in total. The predicted octanol–water partition coefficient (Wildman–Crippen LogP) is 4.57. The van der Waals surface area contributed by atoms with Gasteiger partial charge in [0.1, 0.15) is 0 Å². The number of esters is 1. The normalized spacial score (nSPS) is 50.2. The highest BCUT2D eigenvalue weighted by molar-refractivity contribution is 5.69. The Morgan fingerprint density at radius 1 is 1.10 bits per heavy atom. The van der Waals surface area contributed by atoms with Crippen LogP contribution in [0.3, 0.4) is 0 Å². The van der Waals surface area contributed by atoms with E-state index >= 15 is 0 Å². The molecule has 0 aliphatic heterocycles. The van der Waals surface area contributed by atoms with Gasteiger partial charge in [0.25, 0.3) is 0 Å². The zero-order valence-electron chi connectivity index (χ0n) is 18.9. The average Bonchev–Trinajstić information content (AvgIpc) is 3.05. The second-order valence-electron chi connectivity index (χ2n) is 11.4. The molecule has 4 saturated carbocycles. The van der Waals surface area contributed by atoms with Crippen LogP contribution in [0.2, 0.25) is 0 Å². The zero-order valence-corrected chi connectivity index (χ0v) is 18.9. The molecule has 0 bridgehead atoms. The molecular weight excluding hydrogens is 364 g/mol. The lowest BCUT2D eigenvalue weighted by atomic mass is 9.43. The van der Waals surface area contributed by atoms with Crippen molar-refractivity contribution >= 4 is 5.97 Å². The summed E-state index contributed by atoms with van der Waals surface area (Å²) in [4.78, 5) is 11.7. The van der Waals surface area contributed by atoms with Gasteiger partial charge in [0.05, 0.1) is 19.3 Å². The second-order valence-corrected chi connectivity index (χ2v) is 11.4. The summed E-state index contributed by atoms with van der Waals surface area (Å²) in [5.74, 6) is 2.47. The zero-order chi connectivity index (χ0) is 21.0. The van der Waals surface area contributed by atoms with Gasteiger partial charge in [-0.15, -0.1) is 0 Å². The standard InChI is InChI=1S/C25H42O4/c1-15(8-11-22(28)29-4)17-9-10-18-23-19(14-21(27)25(17,18)3)24(2)12-6-5-7-16(24)13-20(23)26/h15-21,23,26-27H,5-14H2,1-4H3/t15-,16-,17-,18+,19+,20+,21+,23+,24+,25-/m1/s1. The second kappa shape index (κ2) is 7.82. The summed E-state index contributed by atoms with van der Waals surface area (Å²) in [6.07, 6.45) is 9.92. The van der Waals surface area contributed by atoms with Crippen LogP contribution in [0.1, 0.15) is 85.0 Å². The minimum Gasteiger partial charge on any atom is -0.469 e. The Kier molecular flexibility index (Phi) is 5.83. The third kappa shape index (κ3) is 3.28. The smallest absolute Gasteiger partial charge is 0.305 e. The Morgan fingerprint density at radius 2 is 1.86 bits per heavy atom. The molecule has 0 aromatic carbocycles. The third-order valence-electron chi connectivity index (χ3n) is 10.5. The Balaban J connectivity index is 1.58. The van der Waals surface area contributed by atoms with E-state index in [1.165, 1.54) is 32.8 Å². The molecular formula is C25H42O4. The first kappa shape index (κ1) is 21.6. The van der Waals surface area contributed by atoms with E-state index in [0.29, 0.717) is 47.3 Å². The van der Waals surface area contributed by atoms with Gasteiger partial charge in [-0.3, -0.25) is 4.79 Å². The van der Waals surface area contributed by atoms with E-state index in [2.05, 4.69) is 20.8 Å². The van der Waals surface area contributed by atoms with Crippen LogP contribution < -0.4 is 0 Å². The number of fused-ring (bicyclic) bond motifs is 5. The van der Waals surface area contributed by atoms with Gasteiger partial charge in [0.15, 0.2) is 0 Å². The number of carbonyl (C=O) groups is 1. The first-order valence-electron chi connectivity index (χ1n) is 12.2. The Bertz CT molecular complexity index is 620. The molecule has 4 heteroatoms. The van der Waals surface area contributed by atoms with E-state index < -0.39 is 0 Å². The van der Waals surface area contributed by atoms with E-state index in [4.69, 9.17) is 4.74 Å². The summed E-state index contributed by atoms with van der Waals surface area (Å²) in [6.45, 7) is 7.02. The maximum atomic E-state index is 11.7. The monoisotopic (exact) mass is 406 g/mol. The first-order valence-corrected chi connectivity index (χ1v) is 12.2. The van der Waals surface area contributed by atoms with Crippen LogP contribution in [-0.2, 0) is 9.53 Å². The largest absolute Gasteiger partial charge is 0.469 e. The fourth-order valence-electron chi connectivity index (χ4n) is 8.84. The molecule has 0 spiro atoms. The van der Waals surface area contributed by atoms with Crippen molar-refractivity contribution in [2.75, 3.05) is 7.11 Å². The van der Waals surface area contributed by atoms with Gasteiger partial charge >= 0.3 is 5.97 Å². The molecule has 0 aromatic rings. The van der Waals surface area contributed by atoms with E-state index in [1.807, 2.05) is 0 Å². The van der Waals surface area contributed by atoms with E-state index in [0.717, 1.165) is 32.1 Å². The van der Waals surface area contributed by atoms with Crippen molar-refractivity contribution in [3.8, 4) is 0 Å². The summed E-state index contributed by atoms with van der Waals surface area (Å²) < 4.78 is 4.84. The molecule has 0 radical (unpaired) electrons. The van der Waals surface area contributed by atoms with E-state index in [-0.39, 0.29) is 23.6 Å². The van der Waals surface area contributed by atoms with Crippen LogP contribution in [0.15, 0.2) is 0 Å². The highest BCUT2D eigenvalue weighted by Crippen LogP contribution is 2.68. The number of ether oxygens (including phenoxy) is 1. The summed E-state index contributed by atoms with van der Waals surface area (Å²) in [7, 11) is 1.45. The summed E-state index contributed by atoms with van der Waals surface area (Å²) in [5.41, 5.74) is 0.147. The van der Waals surface area contributed by atoms with E-state index in [9.17, 15) is 15.0 Å². The van der Waals surface area contributed by atoms with Gasteiger partial charge in [-0.05, 0) is 91.3 Å². The van der Waals surface area contributed by atoms with Gasteiger partial charge in [-0.1, -0.05) is 33.6 Å². The molecule has 0 unspecified atom stereocenters. The number of aliphatic hydroxyl groups excluding tert-OH is 2. The van der Waals surface area contributed by atoms with Crippen molar-refractivity contribution in [2.24, 2.45) is 46.3 Å². The quantitative estimate of drug-likeness (QED) is 0.671. The molecule has 0 heterocycles. The molecule has 4 aliphatic carbocycles. The molecule has 0 aromatic heterocycles.